The number of ether oxygens (including phenoxy) is 1. The molecule has 186 valence electrons. The molecule has 1 unspecified atom stereocenters. The standard InChI is InChI=1S/C26H25N3O5S2/c1-16(2)23(26(31)34-3)29-36(32,33)20-14-10-18(11-15-20)17-8-12-19(13-9-17)27-24(30)25-28-21-6-4-5-7-22(21)35-25/h4-16,23,29H,1-3H3,(H,27,30). The number of carbonyl (C=O) groups excluding carboxylic acids is 2. The summed E-state index contributed by atoms with van der Waals surface area (Å²) < 4.78 is 33.6. The number of rotatable bonds is 8. The highest BCUT2D eigenvalue weighted by atomic mass is 32.2. The fourth-order valence-electron chi connectivity index (χ4n) is 3.54. The molecule has 4 rings (SSSR count). The van der Waals surface area contributed by atoms with E-state index in [1.54, 1.807) is 38.1 Å². The molecular formula is C26H25N3O5S2. The number of thiazole rings is 1. The lowest BCUT2D eigenvalue weighted by Gasteiger charge is -2.19. The lowest BCUT2D eigenvalue weighted by Crippen LogP contribution is -2.44. The van der Waals surface area contributed by atoms with Gasteiger partial charge in [-0.15, -0.1) is 11.3 Å². The van der Waals surface area contributed by atoms with E-state index in [9.17, 15) is 18.0 Å². The first-order valence-electron chi connectivity index (χ1n) is 11.2. The van der Waals surface area contributed by atoms with Crippen molar-refractivity contribution in [1.82, 2.24) is 9.71 Å². The van der Waals surface area contributed by atoms with E-state index < -0.39 is 22.0 Å². The number of anilines is 1. The van der Waals surface area contributed by atoms with E-state index in [0.29, 0.717) is 10.7 Å². The molecule has 1 atom stereocenters. The van der Waals surface area contributed by atoms with Crippen LogP contribution in [0.15, 0.2) is 77.7 Å². The van der Waals surface area contributed by atoms with Crippen molar-refractivity contribution in [2.24, 2.45) is 5.92 Å². The Morgan fingerprint density at radius 2 is 1.53 bits per heavy atom. The third-order valence-corrected chi connectivity index (χ3v) is 8.02. The lowest BCUT2D eigenvalue weighted by molar-refractivity contribution is -0.143. The summed E-state index contributed by atoms with van der Waals surface area (Å²) in [5.74, 6) is -1.20. The zero-order chi connectivity index (χ0) is 25.9. The zero-order valence-corrected chi connectivity index (χ0v) is 21.5. The summed E-state index contributed by atoms with van der Waals surface area (Å²) in [7, 11) is -2.70. The summed E-state index contributed by atoms with van der Waals surface area (Å²) >= 11 is 1.33. The summed E-state index contributed by atoms with van der Waals surface area (Å²) in [5, 5.41) is 3.24. The molecule has 8 nitrogen and oxygen atoms in total. The van der Waals surface area contributed by atoms with Crippen LogP contribution in [0.1, 0.15) is 23.6 Å². The third-order valence-electron chi connectivity index (χ3n) is 5.53. The summed E-state index contributed by atoms with van der Waals surface area (Å²) in [6, 6.07) is 20.2. The second-order valence-corrected chi connectivity index (χ2v) is 11.2. The molecule has 0 aliphatic heterocycles. The number of methoxy groups -OCH3 is 1. The minimum absolute atomic E-state index is 0.0421. The first-order valence-corrected chi connectivity index (χ1v) is 13.5. The number of amides is 1. The lowest BCUT2D eigenvalue weighted by atomic mass is 10.1. The largest absolute Gasteiger partial charge is 0.468 e. The van der Waals surface area contributed by atoms with Crippen molar-refractivity contribution in [2.45, 2.75) is 24.8 Å². The Hall–Kier alpha value is -3.60. The number of carbonyl (C=O) groups is 2. The van der Waals surface area contributed by atoms with E-state index in [2.05, 4.69) is 15.0 Å². The highest BCUT2D eigenvalue weighted by Gasteiger charge is 2.29. The Morgan fingerprint density at radius 3 is 2.11 bits per heavy atom. The average molecular weight is 524 g/mol. The van der Waals surface area contributed by atoms with Crippen molar-refractivity contribution in [3.63, 3.8) is 0 Å². The van der Waals surface area contributed by atoms with Crippen molar-refractivity contribution in [3.8, 4) is 11.1 Å². The molecule has 0 saturated carbocycles. The second-order valence-electron chi connectivity index (χ2n) is 8.41. The van der Waals surface area contributed by atoms with Crippen LogP contribution >= 0.6 is 11.3 Å². The van der Waals surface area contributed by atoms with Crippen LogP contribution in [0.4, 0.5) is 5.69 Å². The molecule has 1 amide bonds. The highest BCUT2D eigenvalue weighted by molar-refractivity contribution is 7.89. The van der Waals surface area contributed by atoms with Crippen molar-refractivity contribution >= 4 is 49.1 Å². The Kier molecular flexibility index (Phi) is 7.48. The van der Waals surface area contributed by atoms with Gasteiger partial charge in [0.1, 0.15) is 6.04 Å². The Morgan fingerprint density at radius 1 is 0.917 bits per heavy atom. The van der Waals surface area contributed by atoms with Gasteiger partial charge in [-0.25, -0.2) is 13.4 Å². The molecule has 0 saturated heterocycles. The van der Waals surface area contributed by atoms with Gasteiger partial charge in [-0.05, 0) is 53.4 Å². The highest BCUT2D eigenvalue weighted by Crippen LogP contribution is 2.25. The molecule has 0 radical (unpaired) electrons. The van der Waals surface area contributed by atoms with E-state index in [4.69, 9.17) is 4.74 Å². The summed E-state index contributed by atoms with van der Waals surface area (Å²) in [6.45, 7) is 3.47. The van der Waals surface area contributed by atoms with Gasteiger partial charge in [0.15, 0.2) is 5.01 Å². The number of hydrogen-bond acceptors (Lipinski definition) is 7. The van der Waals surface area contributed by atoms with Crippen LogP contribution in [-0.4, -0.2) is 38.4 Å². The Balaban J connectivity index is 1.45. The maximum atomic E-state index is 12.8. The van der Waals surface area contributed by atoms with Crippen molar-refractivity contribution in [2.75, 3.05) is 12.4 Å². The van der Waals surface area contributed by atoms with E-state index in [1.807, 2.05) is 36.4 Å². The molecule has 0 bridgehead atoms. The topological polar surface area (TPSA) is 114 Å². The smallest absolute Gasteiger partial charge is 0.324 e. The number of aromatic nitrogens is 1. The van der Waals surface area contributed by atoms with Gasteiger partial charge in [-0.1, -0.05) is 50.2 Å². The summed E-state index contributed by atoms with van der Waals surface area (Å²) in [4.78, 5) is 28.9. The molecule has 3 aromatic carbocycles. The van der Waals surface area contributed by atoms with Crippen LogP contribution in [0.25, 0.3) is 21.3 Å². The maximum Gasteiger partial charge on any atom is 0.324 e. The third kappa shape index (κ3) is 5.62. The van der Waals surface area contributed by atoms with Crippen molar-refractivity contribution in [1.29, 1.82) is 0 Å². The number of para-hydroxylation sites is 1. The van der Waals surface area contributed by atoms with Gasteiger partial charge in [0.2, 0.25) is 10.0 Å². The predicted octanol–water partition coefficient (Wildman–Crippen LogP) is 4.69. The molecule has 0 spiro atoms. The van der Waals surface area contributed by atoms with Gasteiger partial charge in [0.25, 0.3) is 5.91 Å². The van der Waals surface area contributed by atoms with Gasteiger partial charge in [0.05, 0.1) is 22.2 Å². The first-order chi connectivity index (χ1) is 17.2. The molecule has 0 aliphatic carbocycles. The number of hydrogen-bond donors (Lipinski definition) is 2. The predicted molar refractivity (Wildman–Crippen MR) is 140 cm³/mol. The quantitative estimate of drug-likeness (QED) is 0.324. The number of esters is 1. The number of sulfonamides is 1. The molecular weight excluding hydrogens is 498 g/mol. The molecule has 10 heteroatoms. The summed E-state index contributed by atoms with van der Waals surface area (Å²) in [6.07, 6.45) is 0. The first kappa shape index (κ1) is 25.5. The van der Waals surface area contributed by atoms with Crippen molar-refractivity contribution in [3.05, 3.63) is 77.8 Å². The molecule has 0 fully saturated rings. The van der Waals surface area contributed by atoms with Gasteiger partial charge >= 0.3 is 5.97 Å². The fraction of sp³-hybridized carbons (Fsp3) is 0.192. The average Bonchev–Trinajstić information content (AvgIpc) is 3.32. The van der Waals surface area contributed by atoms with Gasteiger partial charge in [-0.2, -0.15) is 4.72 Å². The number of benzene rings is 3. The SMILES string of the molecule is COC(=O)C(NS(=O)(=O)c1ccc(-c2ccc(NC(=O)c3nc4ccccc4s3)cc2)cc1)C(C)C. The molecule has 2 N–H and O–H groups in total. The molecule has 1 heterocycles. The van der Waals surface area contributed by atoms with E-state index in [0.717, 1.165) is 21.3 Å². The zero-order valence-electron chi connectivity index (χ0n) is 19.9. The Bertz CT molecular complexity index is 1460. The van der Waals surface area contributed by atoms with E-state index in [-0.39, 0.29) is 16.7 Å². The molecule has 1 aromatic heterocycles. The molecule has 4 aromatic rings. The number of nitrogens with one attached hydrogen (secondary N) is 2. The molecule has 0 aliphatic rings. The van der Waals surface area contributed by atoms with E-state index >= 15 is 0 Å². The minimum Gasteiger partial charge on any atom is -0.468 e. The van der Waals surface area contributed by atoms with Crippen LogP contribution < -0.4 is 10.0 Å². The normalized spacial score (nSPS) is 12.4. The number of nitrogens with zero attached hydrogens (tertiary/aromatic N) is 1. The van der Waals surface area contributed by atoms with Crippen molar-refractivity contribution < 1.29 is 22.7 Å². The second kappa shape index (κ2) is 10.6. The maximum absolute atomic E-state index is 12.8. The number of fused-ring (bicyclic) bond motifs is 1. The fourth-order valence-corrected chi connectivity index (χ4v) is 5.74. The van der Waals surface area contributed by atoms with Crippen LogP contribution in [0.3, 0.4) is 0 Å². The van der Waals surface area contributed by atoms with Gasteiger partial charge in [-0.3, -0.25) is 9.59 Å². The monoisotopic (exact) mass is 523 g/mol. The minimum atomic E-state index is -3.92. The Labute approximate surface area is 213 Å². The van der Waals surface area contributed by atoms with E-state index in [1.165, 1.54) is 30.6 Å². The van der Waals surface area contributed by atoms with Gasteiger partial charge < -0.3 is 10.1 Å². The summed E-state index contributed by atoms with van der Waals surface area (Å²) in [5.41, 5.74) is 3.05. The van der Waals surface area contributed by atoms with Gasteiger partial charge in [0, 0.05) is 5.69 Å². The van der Waals surface area contributed by atoms with Crippen LogP contribution in [0, 0.1) is 5.92 Å². The van der Waals surface area contributed by atoms with Crippen LogP contribution in [-0.2, 0) is 19.6 Å². The van der Waals surface area contributed by atoms with Crippen LogP contribution in [0.5, 0.6) is 0 Å². The van der Waals surface area contributed by atoms with Crippen LogP contribution in [0.2, 0.25) is 0 Å². The molecule has 36 heavy (non-hydrogen) atoms.